The number of ketones is 1. The van der Waals surface area contributed by atoms with Gasteiger partial charge in [0, 0.05) is 29.8 Å². The van der Waals surface area contributed by atoms with E-state index in [4.69, 9.17) is 9.47 Å². The molecule has 1 aromatic heterocycles. The Kier molecular flexibility index (Phi) is 10.6. The second-order valence-corrected chi connectivity index (χ2v) is 17.6. The van der Waals surface area contributed by atoms with Crippen molar-refractivity contribution in [3.8, 4) is 11.6 Å². The molecule has 2 aliphatic carbocycles. The number of alkyl halides is 3. The number of allylic oxidation sites excluding steroid dienone is 2. The van der Waals surface area contributed by atoms with Gasteiger partial charge in [0.1, 0.15) is 11.9 Å². The van der Waals surface area contributed by atoms with E-state index in [0.717, 1.165) is 0 Å². The standard InChI is InChI=1S/C38H44F3N3O9S/c1-5-23-19-37(23,35(48)43-54(49,50)25-10-11-25)20-30(45)29-17-24-21-44(29)34(47)28(36(2,3)4)18-32(46)51-14-8-6-7-9-22-15-27-26(12-13-42-33(27)52-24)31(16-22)53-38(39,40)41/h5,7,9,12-13,15-16,23-25,28-29H,1,6,8,10-11,14,17-21H2,2-4H3,(H,43,48)/b9-7+/t23-,24+,28+,29-,37+/m0/s1. The summed E-state index contributed by atoms with van der Waals surface area (Å²) in [6, 6.07) is 3.04. The summed E-state index contributed by atoms with van der Waals surface area (Å²) in [5, 5.41) is -0.393. The summed E-state index contributed by atoms with van der Waals surface area (Å²) in [5.74, 6) is -4.39. The van der Waals surface area contributed by atoms with E-state index in [2.05, 4.69) is 21.0 Å². The van der Waals surface area contributed by atoms with Crippen molar-refractivity contribution in [1.29, 1.82) is 0 Å². The quantitative estimate of drug-likeness (QED) is 0.263. The van der Waals surface area contributed by atoms with Gasteiger partial charge in [0.05, 0.1) is 42.2 Å². The minimum atomic E-state index is -5.00. The molecule has 3 fully saturated rings. The maximum absolute atomic E-state index is 14.5. The Morgan fingerprint density at radius 1 is 1.17 bits per heavy atom. The third-order valence-corrected chi connectivity index (χ3v) is 12.4. The van der Waals surface area contributed by atoms with Crippen molar-refractivity contribution < 1.29 is 55.0 Å². The molecule has 4 aliphatic rings. The number of nitrogens with zero attached hydrogens (tertiary/aromatic N) is 2. The van der Waals surface area contributed by atoms with Crippen molar-refractivity contribution in [1.82, 2.24) is 14.6 Å². The molecule has 5 atom stereocenters. The Morgan fingerprint density at radius 2 is 1.91 bits per heavy atom. The third-order valence-electron chi connectivity index (χ3n) is 10.6. The molecule has 4 bridgehead atoms. The number of hydrogen-bond acceptors (Lipinski definition) is 10. The number of fused-ring (bicyclic) bond motifs is 3. The highest BCUT2D eigenvalue weighted by atomic mass is 32.2. The first kappa shape index (κ1) is 39.2. The summed E-state index contributed by atoms with van der Waals surface area (Å²) >= 11 is 0. The van der Waals surface area contributed by atoms with Gasteiger partial charge in [-0.1, -0.05) is 39.0 Å². The molecule has 0 spiro atoms. The Hall–Kier alpha value is -4.47. The molecule has 1 aromatic carbocycles. The van der Waals surface area contributed by atoms with Gasteiger partial charge >= 0.3 is 12.3 Å². The Bertz CT molecular complexity index is 1990. The Labute approximate surface area is 311 Å². The van der Waals surface area contributed by atoms with Gasteiger partial charge in [-0.3, -0.25) is 23.9 Å². The second kappa shape index (κ2) is 14.6. The molecule has 1 saturated heterocycles. The fraction of sp³-hybridized carbons (Fsp3) is 0.553. The number of sulfonamides is 1. The third kappa shape index (κ3) is 8.58. The molecule has 2 aliphatic heterocycles. The molecular formula is C38H44F3N3O9S. The number of ether oxygens (including phenoxy) is 3. The van der Waals surface area contributed by atoms with Crippen LogP contribution in [-0.2, 0) is 33.9 Å². The summed E-state index contributed by atoms with van der Waals surface area (Å²) < 4.78 is 84.3. The smallest absolute Gasteiger partial charge is 0.472 e. The van der Waals surface area contributed by atoms with Gasteiger partial charge in [0.2, 0.25) is 27.7 Å². The van der Waals surface area contributed by atoms with E-state index in [0.29, 0.717) is 31.2 Å². The number of rotatable bonds is 8. The number of halogens is 3. The molecule has 2 aromatic rings. The monoisotopic (exact) mass is 775 g/mol. The van der Waals surface area contributed by atoms with Crippen LogP contribution in [-0.4, -0.2) is 78.8 Å². The van der Waals surface area contributed by atoms with Gasteiger partial charge in [-0.25, -0.2) is 13.4 Å². The van der Waals surface area contributed by atoms with Crippen LogP contribution in [0.2, 0.25) is 0 Å². The van der Waals surface area contributed by atoms with E-state index in [1.54, 1.807) is 39.0 Å². The lowest BCUT2D eigenvalue weighted by Crippen LogP contribution is -2.48. The van der Waals surface area contributed by atoms with Gasteiger partial charge in [0.15, 0.2) is 5.78 Å². The number of esters is 1. The zero-order valence-corrected chi connectivity index (χ0v) is 31.1. The zero-order chi connectivity index (χ0) is 39.2. The molecule has 6 rings (SSSR count). The summed E-state index contributed by atoms with van der Waals surface area (Å²) in [7, 11) is -3.92. The molecule has 2 amide bonds. The van der Waals surface area contributed by atoms with E-state index in [-0.39, 0.29) is 55.5 Å². The number of nitrogens with one attached hydrogen (secondary N) is 1. The lowest BCUT2D eigenvalue weighted by Gasteiger charge is -2.34. The number of cyclic esters (lactones) is 1. The number of carbonyl (C=O) groups is 4. The van der Waals surface area contributed by atoms with Crippen LogP contribution in [0.4, 0.5) is 13.2 Å². The van der Waals surface area contributed by atoms with Gasteiger partial charge in [-0.05, 0) is 67.2 Å². The lowest BCUT2D eigenvalue weighted by atomic mass is 9.77. The number of hydrogen-bond donors (Lipinski definition) is 1. The molecular weight excluding hydrogens is 731 g/mol. The van der Waals surface area contributed by atoms with Gasteiger partial charge < -0.3 is 19.1 Å². The second-order valence-electron chi connectivity index (χ2n) is 15.7. The first-order chi connectivity index (χ1) is 25.3. The normalized spacial score (nSPS) is 27.3. The number of aromatic nitrogens is 1. The van der Waals surface area contributed by atoms with Crippen LogP contribution in [0.15, 0.2) is 43.1 Å². The van der Waals surface area contributed by atoms with Gasteiger partial charge in [-0.15, -0.1) is 19.8 Å². The first-order valence-electron chi connectivity index (χ1n) is 18.0. The van der Waals surface area contributed by atoms with Crippen molar-refractivity contribution >= 4 is 50.4 Å². The van der Waals surface area contributed by atoms with Crippen molar-refractivity contribution in [2.24, 2.45) is 22.7 Å². The fourth-order valence-corrected chi connectivity index (χ4v) is 8.72. The average molecular weight is 776 g/mol. The maximum atomic E-state index is 14.5. The van der Waals surface area contributed by atoms with E-state index < -0.39 is 85.8 Å². The lowest BCUT2D eigenvalue weighted by molar-refractivity contribution is -0.274. The van der Waals surface area contributed by atoms with Crippen LogP contribution >= 0.6 is 0 Å². The summed E-state index contributed by atoms with van der Waals surface area (Å²) in [6.45, 7) is 9.02. The van der Waals surface area contributed by atoms with Crippen LogP contribution < -0.4 is 14.2 Å². The first-order valence-corrected chi connectivity index (χ1v) is 19.5. The summed E-state index contributed by atoms with van der Waals surface area (Å²) in [6.07, 6.45) is 1.37. The van der Waals surface area contributed by atoms with Crippen LogP contribution in [0.5, 0.6) is 11.6 Å². The molecule has 0 unspecified atom stereocenters. The molecule has 12 nitrogen and oxygen atoms in total. The van der Waals surface area contributed by atoms with Crippen molar-refractivity contribution in [3.05, 3.63) is 48.7 Å². The molecule has 2 saturated carbocycles. The minimum absolute atomic E-state index is 0.0360. The molecule has 54 heavy (non-hydrogen) atoms. The molecule has 0 radical (unpaired) electrons. The highest BCUT2D eigenvalue weighted by molar-refractivity contribution is 7.90. The van der Waals surface area contributed by atoms with Crippen LogP contribution in [0, 0.1) is 22.7 Å². The summed E-state index contributed by atoms with van der Waals surface area (Å²) in [4.78, 5) is 61.1. The molecule has 1 N–H and O–H groups in total. The molecule has 292 valence electrons. The molecule has 3 heterocycles. The van der Waals surface area contributed by atoms with Crippen molar-refractivity contribution in [2.75, 3.05) is 13.2 Å². The van der Waals surface area contributed by atoms with E-state index >= 15 is 0 Å². The number of Topliss-reactive ketones (excluding diaryl/α,β-unsaturated/α-hetero) is 1. The van der Waals surface area contributed by atoms with Crippen LogP contribution in [0.3, 0.4) is 0 Å². The van der Waals surface area contributed by atoms with E-state index in [1.807, 2.05) is 0 Å². The highest BCUT2D eigenvalue weighted by Gasteiger charge is 2.61. The maximum Gasteiger partial charge on any atom is 0.573 e. The van der Waals surface area contributed by atoms with Gasteiger partial charge in [0.25, 0.3) is 0 Å². The number of benzene rings is 1. The van der Waals surface area contributed by atoms with E-state index in [1.165, 1.54) is 29.3 Å². The predicted octanol–water partition coefficient (Wildman–Crippen LogP) is 5.64. The zero-order valence-electron chi connectivity index (χ0n) is 30.3. The van der Waals surface area contributed by atoms with E-state index in [9.17, 15) is 40.8 Å². The summed E-state index contributed by atoms with van der Waals surface area (Å²) in [5.41, 5.74) is -1.79. The van der Waals surface area contributed by atoms with Crippen molar-refractivity contribution in [3.63, 3.8) is 0 Å². The number of amides is 2. The average Bonchev–Trinajstić information content (AvgIpc) is 4.00. The Morgan fingerprint density at radius 3 is 2.56 bits per heavy atom. The Balaban J connectivity index is 1.37. The van der Waals surface area contributed by atoms with Crippen molar-refractivity contribution in [2.45, 2.75) is 95.9 Å². The number of carbonyl (C=O) groups excluding carboxylic acids is 4. The largest absolute Gasteiger partial charge is 0.573 e. The topological polar surface area (TPSA) is 158 Å². The minimum Gasteiger partial charge on any atom is -0.472 e. The SMILES string of the molecule is C=C[C@H]1C[C@]1(CC(=O)[C@@H]1C[C@@H]2CN1C(=O)[C@H](C(C)(C)C)CC(=O)OCCC/C=C/c1cc(OC(F)(F)F)c3ccnc(c3c1)O2)C(=O)NS(=O)(=O)C1CC1. The highest BCUT2D eigenvalue weighted by Crippen LogP contribution is 2.57. The number of pyridine rings is 1. The predicted molar refractivity (Wildman–Crippen MR) is 190 cm³/mol. The van der Waals surface area contributed by atoms with Gasteiger partial charge in [-0.2, -0.15) is 0 Å². The van der Waals surface area contributed by atoms with Crippen LogP contribution in [0.1, 0.15) is 77.7 Å². The fourth-order valence-electron chi connectivity index (χ4n) is 7.34. The van der Waals surface area contributed by atoms with Crippen LogP contribution in [0.25, 0.3) is 16.8 Å². The molecule has 16 heteroatoms.